The highest BCUT2D eigenvalue weighted by Crippen LogP contribution is 2.59. The van der Waals surface area contributed by atoms with Crippen molar-refractivity contribution in [1.82, 2.24) is 20.0 Å². The molecule has 0 aromatic carbocycles. The van der Waals surface area contributed by atoms with Crippen molar-refractivity contribution in [3.8, 4) is 0 Å². The van der Waals surface area contributed by atoms with E-state index in [0.717, 1.165) is 13.1 Å². The number of hydrogen-bond acceptors (Lipinski definition) is 9. The van der Waals surface area contributed by atoms with Crippen LogP contribution in [0, 0.1) is 17.8 Å². The quantitative estimate of drug-likeness (QED) is 0.296. The number of amides is 3. The van der Waals surface area contributed by atoms with Crippen LogP contribution < -0.4 is 5.32 Å². The summed E-state index contributed by atoms with van der Waals surface area (Å²) >= 11 is 3.57. The maximum atomic E-state index is 14.8. The molecule has 12 nitrogen and oxygen atoms in total. The molecule has 0 aromatic rings. The Morgan fingerprint density at radius 2 is 1.89 bits per heavy atom. The van der Waals surface area contributed by atoms with Gasteiger partial charge >= 0.3 is 5.97 Å². The molecule has 244 valence electrons. The number of cyclic esters (lactones) is 1. The highest BCUT2D eigenvalue weighted by Gasteiger charge is 2.75. The molecule has 0 unspecified atom stereocenters. The van der Waals surface area contributed by atoms with E-state index >= 15 is 0 Å². The topological polar surface area (TPSA) is 138 Å². The molecule has 8 atom stereocenters. The van der Waals surface area contributed by atoms with Gasteiger partial charge in [0.05, 0.1) is 38.3 Å². The molecule has 5 bridgehead atoms. The first-order chi connectivity index (χ1) is 21.1. The predicted molar refractivity (Wildman–Crippen MR) is 163 cm³/mol. The molecule has 13 heteroatoms. The summed E-state index contributed by atoms with van der Waals surface area (Å²) in [5.74, 6) is -3.59. The summed E-state index contributed by atoms with van der Waals surface area (Å²) in [6.07, 6.45) is 5.54. The van der Waals surface area contributed by atoms with Crippen molar-refractivity contribution in [1.29, 1.82) is 0 Å². The van der Waals surface area contributed by atoms with Crippen molar-refractivity contribution in [2.24, 2.45) is 17.8 Å². The Bertz CT molecular complexity index is 1180. The van der Waals surface area contributed by atoms with Gasteiger partial charge in [-0.3, -0.25) is 24.1 Å². The second kappa shape index (κ2) is 14.0. The van der Waals surface area contributed by atoms with E-state index in [4.69, 9.17) is 14.2 Å². The molecule has 1 spiro atoms. The largest absolute Gasteiger partial charge is 0.460 e. The molecule has 0 aliphatic carbocycles. The van der Waals surface area contributed by atoms with Gasteiger partial charge in [0, 0.05) is 43.6 Å². The molecule has 3 saturated heterocycles. The van der Waals surface area contributed by atoms with Crippen LogP contribution in [0.2, 0.25) is 0 Å². The molecule has 2 N–H and O–H groups in total. The molecular formula is C31H45BrN4O8. The molecule has 5 rings (SSSR count). The van der Waals surface area contributed by atoms with Crippen molar-refractivity contribution in [3.05, 3.63) is 22.7 Å². The van der Waals surface area contributed by atoms with Crippen LogP contribution in [0.15, 0.2) is 22.7 Å². The van der Waals surface area contributed by atoms with E-state index in [9.17, 15) is 24.3 Å². The lowest BCUT2D eigenvalue weighted by atomic mass is 9.74. The fourth-order valence-corrected chi connectivity index (χ4v) is 7.86. The van der Waals surface area contributed by atoms with Crippen molar-refractivity contribution >= 4 is 39.6 Å². The van der Waals surface area contributed by atoms with Crippen molar-refractivity contribution in [2.45, 2.75) is 69.9 Å². The smallest absolute Gasteiger partial charge is 0.313 e. The van der Waals surface area contributed by atoms with Crippen LogP contribution in [0.25, 0.3) is 0 Å². The number of aliphatic hydroxyl groups is 1. The number of aliphatic hydroxyl groups excluding tert-OH is 1. The van der Waals surface area contributed by atoms with Gasteiger partial charge in [-0.05, 0) is 25.3 Å². The van der Waals surface area contributed by atoms with Gasteiger partial charge in [-0.1, -0.05) is 48.4 Å². The minimum Gasteiger partial charge on any atom is -0.460 e. The van der Waals surface area contributed by atoms with Gasteiger partial charge in [-0.15, -0.1) is 0 Å². The number of rotatable bonds is 7. The summed E-state index contributed by atoms with van der Waals surface area (Å²) in [6.45, 7) is 9.48. The summed E-state index contributed by atoms with van der Waals surface area (Å²) in [7, 11) is 0. The number of nitrogens with zero attached hydrogens (tertiary/aromatic N) is 3. The molecule has 44 heavy (non-hydrogen) atoms. The molecule has 5 heterocycles. The van der Waals surface area contributed by atoms with Crippen LogP contribution in [-0.2, 0) is 33.4 Å². The molecule has 0 saturated carbocycles. The second-order valence-corrected chi connectivity index (χ2v) is 13.4. The first kappa shape index (κ1) is 33.1. The number of allylic oxidation sites excluding steroid dienone is 1. The average molecular weight is 682 g/mol. The highest BCUT2D eigenvalue weighted by molar-refractivity contribution is 9.11. The van der Waals surface area contributed by atoms with E-state index in [-0.39, 0.29) is 43.8 Å². The SMILES string of the molecule is CC[C@H](C)[C@H](CO)N1C(=O)[C@@H]2[C@H]3C(=O)O[C@@H](C)CNC(=O)CC/C=C\CN(CCN4CCOCC4)C(=O)[C@@H]1[C@]21C=C(Br)[C@H]3O1. The Morgan fingerprint density at radius 1 is 1.14 bits per heavy atom. The lowest BCUT2D eigenvalue weighted by Gasteiger charge is -2.40. The van der Waals surface area contributed by atoms with Gasteiger partial charge in [0.1, 0.15) is 29.8 Å². The molecule has 0 radical (unpaired) electrons. The van der Waals surface area contributed by atoms with Crippen LogP contribution in [0.5, 0.6) is 0 Å². The fourth-order valence-electron chi connectivity index (χ4n) is 7.13. The van der Waals surface area contributed by atoms with E-state index in [0.29, 0.717) is 43.6 Å². The first-order valence-corrected chi connectivity index (χ1v) is 16.6. The Morgan fingerprint density at radius 3 is 2.59 bits per heavy atom. The van der Waals surface area contributed by atoms with Gasteiger partial charge in [0.2, 0.25) is 17.7 Å². The lowest BCUT2D eigenvalue weighted by Crippen LogP contribution is -2.60. The van der Waals surface area contributed by atoms with Crippen molar-refractivity contribution in [2.75, 3.05) is 59.1 Å². The summed E-state index contributed by atoms with van der Waals surface area (Å²) in [5.41, 5.74) is -1.41. The zero-order valence-electron chi connectivity index (χ0n) is 25.8. The van der Waals surface area contributed by atoms with E-state index in [1.807, 2.05) is 26.0 Å². The summed E-state index contributed by atoms with van der Waals surface area (Å²) in [6, 6.07) is -1.74. The van der Waals surface area contributed by atoms with E-state index < -0.39 is 53.6 Å². The lowest BCUT2D eigenvalue weighted by molar-refractivity contribution is -0.160. The number of carbonyl (C=O) groups excluding carboxylic acids is 4. The molecule has 3 amide bonds. The third-order valence-corrected chi connectivity index (χ3v) is 10.4. The Labute approximate surface area is 267 Å². The molecule has 3 fully saturated rings. The first-order valence-electron chi connectivity index (χ1n) is 15.8. The summed E-state index contributed by atoms with van der Waals surface area (Å²) < 4.78 is 18.4. The summed E-state index contributed by atoms with van der Waals surface area (Å²) in [5, 5.41) is 13.4. The zero-order valence-corrected chi connectivity index (χ0v) is 27.4. The van der Waals surface area contributed by atoms with Crippen molar-refractivity contribution in [3.63, 3.8) is 0 Å². The number of ether oxygens (including phenoxy) is 3. The van der Waals surface area contributed by atoms with E-state index in [1.165, 1.54) is 4.90 Å². The molecule has 0 aromatic heterocycles. The number of nitrogens with one attached hydrogen (secondary N) is 1. The maximum Gasteiger partial charge on any atom is 0.313 e. The van der Waals surface area contributed by atoms with E-state index in [1.54, 1.807) is 17.9 Å². The number of halogens is 1. The van der Waals surface area contributed by atoms with E-state index in [2.05, 4.69) is 26.1 Å². The number of morpholine rings is 1. The molecule has 5 aliphatic heterocycles. The minimum atomic E-state index is -1.41. The zero-order chi connectivity index (χ0) is 31.6. The Kier molecular flexibility index (Phi) is 10.5. The normalized spacial score (nSPS) is 35.7. The van der Waals surface area contributed by atoms with Gasteiger partial charge in [-0.2, -0.15) is 0 Å². The maximum absolute atomic E-state index is 14.8. The standard InChI is InChI=1S/C31H45BrN4O8/c1-4-19(2)22(18-37)36-27-29(40)35(11-10-34-12-14-42-15-13-34)9-7-5-6-8-23(38)33-17-20(3)43-30(41)24-25(28(36)39)31(27)16-21(32)26(24)44-31/h5,7,16,19-20,22,24-27,37H,4,6,8-15,17-18H2,1-3H3,(H,33,38)/b7-5-/t19-,20-,22-,24+,25-,26+,27+,31-/m0/s1. The Hall–Kier alpha value is -2.32. The fraction of sp³-hybridized carbons (Fsp3) is 0.742. The number of esters is 1. The minimum absolute atomic E-state index is 0.118. The van der Waals surface area contributed by atoms with Crippen LogP contribution in [0.4, 0.5) is 0 Å². The predicted octanol–water partition coefficient (Wildman–Crippen LogP) is 0.825. The number of hydrogen-bond donors (Lipinski definition) is 2. The van der Waals surface area contributed by atoms with Crippen LogP contribution in [0.1, 0.15) is 40.0 Å². The van der Waals surface area contributed by atoms with Gasteiger partial charge in [0.15, 0.2) is 0 Å². The third kappa shape index (κ3) is 6.22. The highest BCUT2D eigenvalue weighted by atomic mass is 79.9. The molecular weight excluding hydrogens is 636 g/mol. The average Bonchev–Trinajstić information content (AvgIpc) is 3.61. The number of fused-ring (bicyclic) bond motifs is 2. The number of likely N-dealkylation sites (tertiary alicyclic amines) is 1. The molecule has 5 aliphatic rings. The number of carbonyl (C=O) groups is 4. The van der Waals surface area contributed by atoms with Gasteiger partial charge < -0.3 is 34.4 Å². The third-order valence-electron chi connectivity index (χ3n) is 9.75. The summed E-state index contributed by atoms with van der Waals surface area (Å²) in [4.78, 5) is 61.0. The van der Waals surface area contributed by atoms with Crippen LogP contribution >= 0.6 is 15.9 Å². The monoisotopic (exact) mass is 680 g/mol. The van der Waals surface area contributed by atoms with Crippen LogP contribution in [0.3, 0.4) is 0 Å². The van der Waals surface area contributed by atoms with Crippen molar-refractivity contribution < 1.29 is 38.5 Å². The van der Waals surface area contributed by atoms with Gasteiger partial charge in [0.25, 0.3) is 0 Å². The Balaban J connectivity index is 1.57. The second-order valence-electron chi connectivity index (χ2n) is 12.5. The van der Waals surface area contributed by atoms with Gasteiger partial charge in [-0.25, -0.2) is 0 Å². The van der Waals surface area contributed by atoms with Crippen LogP contribution in [-0.4, -0.2) is 132 Å².